The average Bonchev–Trinajstić information content (AvgIpc) is 2.33. The summed E-state index contributed by atoms with van der Waals surface area (Å²) in [5, 5.41) is 9.79. The first-order valence-electron chi connectivity index (χ1n) is 6.07. The molecule has 1 aromatic rings. The van der Waals surface area contributed by atoms with Crippen molar-refractivity contribution in [3.05, 3.63) is 29.3 Å². The molecule has 86 valence electrons. The van der Waals surface area contributed by atoms with Gasteiger partial charge in [0, 0.05) is 11.1 Å². The zero-order chi connectivity index (χ0) is 11.4. The highest BCUT2D eigenvalue weighted by Gasteiger charge is 2.17. The van der Waals surface area contributed by atoms with Crippen LogP contribution >= 0.6 is 0 Å². The zero-order valence-electron chi connectivity index (χ0n) is 9.48. The molecule has 2 rings (SSSR count). The minimum atomic E-state index is 0.273. The highest BCUT2D eigenvalue weighted by molar-refractivity contribution is 5.78. The highest BCUT2D eigenvalue weighted by Crippen LogP contribution is 2.30. The molecular formula is C14H18O2. The van der Waals surface area contributed by atoms with Crippen LogP contribution in [0.3, 0.4) is 0 Å². The first kappa shape index (κ1) is 11.2. The summed E-state index contributed by atoms with van der Waals surface area (Å²) >= 11 is 0. The highest BCUT2D eigenvalue weighted by atomic mass is 16.3. The van der Waals surface area contributed by atoms with Crippen molar-refractivity contribution in [1.82, 2.24) is 0 Å². The second kappa shape index (κ2) is 5.15. The standard InChI is InChI=1S/C14H18O2/c15-10-12-7-4-8-14(16)13(12)9-11-5-2-1-3-6-11/h4,7-8,10-11,16H,1-3,5-6,9H2. The van der Waals surface area contributed by atoms with E-state index in [9.17, 15) is 9.90 Å². The number of hydrogen-bond donors (Lipinski definition) is 1. The Balaban J connectivity index is 2.15. The minimum absolute atomic E-state index is 0.273. The predicted molar refractivity (Wildman–Crippen MR) is 63.8 cm³/mol. The molecule has 1 aromatic carbocycles. The summed E-state index contributed by atoms with van der Waals surface area (Å²) in [5.74, 6) is 0.913. The number of rotatable bonds is 3. The largest absolute Gasteiger partial charge is 0.508 e. The summed E-state index contributed by atoms with van der Waals surface area (Å²) in [6.45, 7) is 0. The maximum Gasteiger partial charge on any atom is 0.150 e. The number of aromatic hydroxyl groups is 1. The molecule has 0 heterocycles. The Hall–Kier alpha value is -1.31. The van der Waals surface area contributed by atoms with E-state index in [4.69, 9.17) is 0 Å². The van der Waals surface area contributed by atoms with Crippen molar-refractivity contribution in [2.75, 3.05) is 0 Å². The molecule has 0 unspecified atom stereocenters. The fraction of sp³-hybridized carbons (Fsp3) is 0.500. The Morgan fingerprint density at radius 3 is 2.69 bits per heavy atom. The topological polar surface area (TPSA) is 37.3 Å². The Labute approximate surface area is 96.3 Å². The molecule has 1 aliphatic rings. The van der Waals surface area contributed by atoms with Gasteiger partial charge in [-0.1, -0.05) is 44.2 Å². The number of benzene rings is 1. The summed E-state index contributed by atoms with van der Waals surface area (Å²) in [4.78, 5) is 10.9. The van der Waals surface area contributed by atoms with Crippen LogP contribution in [0, 0.1) is 5.92 Å². The SMILES string of the molecule is O=Cc1cccc(O)c1CC1CCCCC1. The normalized spacial score (nSPS) is 17.2. The molecule has 0 bridgehead atoms. The lowest BCUT2D eigenvalue weighted by molar-refractivity contribution is 0.112. The molecule has 0 amide bonds. The first-order valence-corrected chi connectivity index (χ1v) is 6.07. The van der Waals surface area contributed by atoms with E-state index >= 15 is 0 Å². The molecule has 0 aromatic heterocycles. The molecule has 1 saturated carbocycles. The van der Waals surface area contributed by atoms with E-state index in [0.717, 1.165) is 18.3 Å². The second-order valence-electron chi connectivity index (χ2n) is 4.67. The molecule has 2 heteroatoms. The van der Waals surface area contributed by atoms with Crippen molar-refractivity contribution in [2.45, 2.75) is 38.5 Å². The summed E-state index contributed by atoms with van der Waals surface area (Å²) in [6, 6.07) is 5.18. The van der Waals surface area contributed by atoms with Crippen LogP contribution in [0.2, 0.25) is 0 Å². The van der Waals surface area contributed by atoms with Crippen LogP contribution in [0.25, 0.3) is 0 Å². The van der Waals surface area contributed by atoms with Crippen LogP contribution in [0.4, 0.5) is 0 Å². The van der Waals surface area contributed by atoms with Crippen molar-refractivity contribution in [3.8, 4) is 5.75 Å². The van der Waals surface area contributed by atoms with Gasteiger partial charge < -0.3 is 5.11 Å². The number of aldehydes is 1. The third-order valence-corrected chi connectivity index (χ3v) is 3.53. The van der Waals surface area contributed by atoms with Crippen LogP contribution in [0.1, 0.15) is 48.0 Å². The number of carbonyl (C=O) groups is 1. The Morgan fingerprint density at radius 1 is 1.25 bits per heavy atom. The second-order valence-corrected chi connectivity index (χ2v) is 4.67. The fourth-order valence-electron chi connectivity index (χ4n) is 2.60. The lowest BCUT2D eigenvalue weighted by Gasteiger charge is -2.22. The predicted octanol–water partition coefficient (Wildman–Crippen LogP) is 3.33. The molecule has 1 N–H and O–H groups in total. The van der Waals surface area contributed by atoms with E-state index in [1.54, 1.807) is 18.2 Å². The molecule has 1 fully saturated rings. The quantitative estimate of drug-likeness (QED) is 0.790. The van der Waals surface area contributed by atoms with Gasteiger partial charge in [-0.05, 0) is 18.4 Å². The van der Waals surface area contributed by atoms with Gasteiger partial charge in [0.15, 0.2) is 0 Å². The molecular weight excluding hydrogens is 200 g/mol. The van der Waals surface area contributed by atoms with E-state index in [1.165, 1.54) is 32.1 Å². The monoisotopic (exact) mass is 218 g/mol. The van der Waals surface area contributed by atoms with Crippen LogP contribution in [0.5, 0.6) is 5.75 Å². The third kappa shape index (κ3) is 2.43. The van der Waals surface area contributed by atoms with Crippen LogP contribution in [0.15, 0.2) is 18.2 Å². The minimum Gasteiger partial charge on any atom is -0.508 e. The van der Waals surface area contributed by atoms with E-state index in [0.29, 0.717) is 11.5 Å². The van der Waals surface area contributed by atoms with Gasteiger partial charge in [-0.15, -0.1) is 0 Å². The summed E-state index contributed by atoms with van der Waals surface area (Å²) in [6.07, 6.45) is 8.05. The lowest BCUT2D eigenvalue weighted by Crippen LogP contribution is -2.10. The Morgan fingerprint density at radius 2 is 2.00 bits per heavy atom. The van der Waals surface area contributed by atoms with Gasteiger partial charge in [-0.25, -0.2) is 0 Å². The van der Waals surface area contributed by atoms with Crippen LogP contribution in [-0.4, -0.2) is 11.4 Å². The van der Waals surface area contributed by atoms with Gasteiger partial charge in [-0.2, -0.15) is 0 Å². The maximum atomic E-state index is 10.9. The van der Waals surface area contributed by atoms with Gasteiger partial charge in [0.2, 0.25) is 0 Å². The van der Waals surface area contributed by atoms with Crippen molar-refractivity contribution in [2.24, 2.45) is 5.92 Å². The van der Waals surface area contributed by atoms with E-state index in [2.05, 4.69) is 0 Å². The molecule has 2 nitrogen and oxygen atoms in total. The molecule has 1 aliphatic carbocycles. The van der Waals surface area contributed by atoms with Crippen LogP contribution < -0.4 is 0 Å². The molecule has 0 aliphatic heterocycles. The molecule has 0 saturated heterocycles. The molecule has 0 radical (unpaired) electrons. The van der Waals surface area contributed by atoms with Crippen molar-refractivity contribution >= 4 is 6.29 Å². The average molecular weight is 218 g/mol. The number of phenolic OH excluding ortho intramolecular Hbond substituents is 1. The third-order valence-electron chi connectivity index (χ3n) is 3.53. The summed E-state index contributed by atoms with van der Waals surface area (Å²) in [5.41, 5.74) is 1.48. The van der Waals surface area contributed by atoms with Crippen molar-refractivity contribution < 1.29 is 9.90 Å². The van der Waals surface area contributed by atoms with E-state index < -0.39 is 0 Å². The van der Waals surface area contributed by atoms with Crippen molar-refractivity contribution in [3.63, 3.8) is 0 Å². The fourth-order valence-corrected chi connectivity index (χ4v) is 2.60. The van der Waals surface area contributed by atoms with E-state index in [1.807, 2.05) is 0 Å². The number of phenols is 1. The lowest BCUT2D eigenvalue weighted by atomic mass is 9.83. The van der Waals surface area contributed by atoms with Gasteiger partial charge in [0.1, 0.15) is 12.0 Å². The molecule has 0 atom stereocenters. The summed E-state index contributed by atoms with van der Waals surface area (Å²) < 4.78 is 0. The van der Waals surface area contributed by atoms with Gasteiger partial charge in [0.25, 0.3) is 0 Å². The van der Waals surface area contributed by atoms with Gasteiger partial charge in [0.05, 0.1) is 0 Å². The smallest absolute Gasteiger partial charge is 0.150 e. The summed E-state index contributed by atoms with van der Waals surface area (Å²) in [7, 11) is 0. The van der Waals surface area contributed by atoms with Crippen LogP contribution in [-0.2, 0) is 6.42 Å². The van der Waals surface area contributed by atoms with Gasteiger partial charge in [-0.3, -0.25) is 4.79 Å². The number of hydrogen-bond acceptors (Lipinski definition) is 2. The maximum absolute atomic E-state index is 10.9. The first-order chi connectivity index (χ1) is 7.81. The zero-order valence-corrected chi connectivity index (χ0v) is 9.48. The molecule has 0 spiro atoms. The Bertz CT molecular complexity index is 365. The van der Waals surface area contributed by atoms with Gasteiger partial charge >= 0.3 is 0 Å². The van der Waals surface area contributed by atoms with Crippen molar-refractivity contribution in [1.29, 1.82) is 0 Å². The Kier molecular flexibility index (Phi) is 3.60. The number of carbonyl (C=O) groups excluding carboxylic acids is 1. The van der Waals surface area contributed by atoms with E-state index in [-0.39, 0.29) is 5.75 Å². The molecule has 16 heavy (non-hydrogen) atoms.